The van der Waals surface area contributed by atoms with E-state index in [9.17, 15) is 4.79 Å². The zero-order valence-corrected chi connectivity index (χ0v) is 12.8. The Morgan fingerprint density at radius 3 is 2.73 bits per heavy atom. The first-order chi connectivity index (χ1) is 10.6. The Hall–Kier alpha value is -1.96. The largest absolute Gasteiger partial charge is 0.456 e. The zero-order valence-electron chi connectivity index (χ0n) is 11.2. The van der Waals surface area contributed by atoms with Crippen molar-refractivity contribution in [3.8, 4) is 11.4 Å². The second-order valence-corrected chi connectivity index (χ2v) is 5.36. The molecule has 0 bridgehead atoms. The topological polar surface area (TPSA) is 81.9 Å². The molecule has 114 valence electrons. The number of nitrogens with one attached hydrogen (secondary N) is 1. The maximum Gasteiger partial charge on any atom is 0.332 e. The number of carbonyl (C=O) groups excluding carboxylic acids is 1. The summed E-state index contributed by atoms with van der Waals surface area (Å²) in [5.41, 5.74) is 0.639. The van der Waals surface area contributed by atoms with E-state index >= 15 is 0 Å². The lowest BCUT2D eigenvalue weighted by atomic mass is 10.2. The maximum atomic E-state index is 11.5. The summed E-state index contributed by atoms with van der Waals surface area (Å²) in [6.07, 6.45) is 4.18. The van der Waals surface area contributed by atoms with Crippen molar-refractivity contribution in [1.82, 2.24) is 25.1 Å². The van der Waals surface area contributed by atoms with E-state index in [1.54, 1.807) is 12.1 Å². The van der Waals surface area contributed by atoms with Gasteiger partial charge in [-0.3, -0.25) is 0 Å². The normalized spacial score (nSPS) is 15.0. The van der Waals surface area contributed by atoms with Gasteiger partial charge >= 0.3 is 5.97 Å². The van der Waals surface area contributed by atoms with Crippen LogP contribution in [0.15, 0.2) is 24.5 Å². The van der Waals surface area contributed by atoms with Gasteiger partial charge in [0.2, 0.25) is 0 Å². The fourth-order valence-electron chi connectivity index (χ4n) is 1.76. The van der Waals surface area contributed by atoms with Crippen LogP contribution in [0.2, 0.25) is 10.3 Å². The first kappa shape index (κ1) is 15.0. The Morgan fingerprint density at radius 1 is 1.36 bits per heavy atom. The number of carbonyl (C=O) groups is 1. The Balaban J connectivity index is 1.69. The fraction of sp³-hybridized carbons (Fsp3) is 0.231. The summed E-state index contributed by atoms with van der Waals surface area (Å²) in [6, 6.07) is 3.21. The highest BCUT2D eigenvalue weighted by molar-refractivity contribution is 6.32. The lowest BCUT2D eigenvalue weighted by molar-refractivity contribution is -0.145. The zero-order chi connectivity index (χ0) is 15.5. The van der Waals surface area contributed by atoms with Gasteiger partial charge in [-0.05, 0) is 12.1 Å². The summed E-state index contributed by atoms with van der Waals surface area (Å²) in [5, 5.41) is 7.73. The SMILES string of the molecule is O=C(/C=C/n1cnc(-c2cc(Cl)nc(Cl)c2)n1)OC1CNC1. The summed E-state index contributed by atoms with van der Waals surface area (Å²) < 4.78 is 6.54. The van der Waals surface area contributed by atoms with Gasteiger partial charge in [-0.2, -0.15) is 0 Å². The van der Waals surface area contributed by atoms with Crippen LogP contribution in [0.3, 0.4) is 0 Å². The van der Waals surface area contributed by atoms with E-state index in [4.69, 9.17) is 27.9 Å². The van der Waals surface area contributed by atoms with Crippen molar-refractivity contribution in [2.24, 2.45) is 0 Å². The molecule has 0 atom stereocenters. The Labute approximate surface area is 135 Å². The molecule has 1 aliphatic rings. The molecule has 0 spiro atoms. The monoisotopic (exact) mass is 339 g/mol. The molecule has 0 unspecified atom stereocenters. The van der Waals surface area contributed by atoms with E-state index in [-0.39, 0.29) is 16.4 Å². The Bertz CT molecular complexity index is 707. The number of esters is 1. The average molecular weight is 340 g/mol. The second-order valence-electron chi connectivity index (χ2n) is 4.58. The van der Waals surface area contributed by atoms with Crippen LogP contribution in [0, 0.1) is 0 Å². The van der Waals surface area contributed by atoms with Crippen molar-refractivity contribution < 1.29 is 9.53 Å². The molecule has 0 aromatic carbocycles. The van der Waals surface area contributed by atoms with E-state index in [2.05, 4.69) is 20.4 Å². The van der Waals surface area contributed by atoms with Crippen LogP contribution in [0.1, 0.15) is 0 Å². The van der Waals surface area contributed by atoms with Crippen LogP contribution in [0.25, 0.3) is 17.6 Å². The highest BCUT2D eigenvalue weighted by Gasteiger charge is 2.19. The Kier molecular flexibility index (Phi) is 4.37. The number of nitrogens with zero attached hydrogens (tertiary/aromatic N) is 4. The lowest BCUT2D eigenvalue weighted by Crippen LogP contribution is -2.49. The minimum Gasteiger partial charge on any atom is -0.456 e. The van der Waals surface area contributed by atoms with Crippen LogP contribution >= 0.6 is 23.2 Å². The summed E-state index contributed by atoms with van der Waals surface area (Å²) >= 11 is 11.7. The first-order valence-electron chi connectivity index (χ1n) is 6.44. The average Bonchev–Trinajstić information content (AvgIpc) is 2.88. The number of aromatic nitrogens is 4. The standard InChI is InChI=1S/C13H11Cl2N5O2/c14-10-3-8(4-11(15)18-10)13-17-7-20(19-13)2-1-12(21)22-9-5-16-6-9/h1-4,7,9,16H,5-6H2/b2-1+. The number of halogens is 2. The van der Waals surface area contributed by atoms with Gasteiger partial charge in [0.1, 0.15) is 22.7 Å². The van der Waals surface area contributed by atoms with Crippen molar-refractivity contribution >= 4 is 35.4 Å². The second kappa shape index (κ2) is 6.43. The van der Waals surface area contributed by atoms with Gasteiger partial charge in [-0.1, -0.05) is 23.2 Å². The van der Waals surface area contributed by atoms with Gasteiger partial charge < -0.3 is 10.1 Å². The van der Waals surface area contributed by atoms with Crippen LogP contribution < -0.4 is 5.32 Å². The van der Waals surface area contributed by atoms with Crippen LogP contribution in [-0.4, -0.2) is 44.9 Å². The van der Waals surface area contributed by atoms with Crippen LogP contribution in [0.4, 0.5) is 0 Å². The molecule has 1 N–H and O–H groups in total. The molecular weight excluding hydrogens is 329 g/mol. The van der Waals surface area contributed by atoms with E-state index < -0.39 is 5.97 Å². The van der Waals surface area contributed by atoms with Gasteiger partial charge in [0.25, 0.3) is 0 Å². The molecule has 0 radical (unpaired) electrons. The van der Waals surface area contributed by atoms with Crippen molar-refractivity contribution in [2.45, 2.75) is 6.10 Å². The van der Waals surface area contributed by atoms with Crippen molar-refractivity contribution in [2.75, 3.05) is 13.1 Å². The Morgan fingerprint density at radius 2 is 2.09 bits per heavy atom. The maximum absolute atomic E-state index is 11.5. The van der Waals surface area contributed by atoms with E-state index in [0.29, 0.717) is 24.5 Å². The van der Waals surface area contributed by atoms with Crippen molar-refractivity contribution in [1.29, 1.82) is 0 Å². The van der Waals surface area contributed by atoms with Gasteiger partial charge in [-0.25, -0.2) is 19.4 Å². The highest BCUT2D eigenvalue weighted by atomic mass is 35.5. The van der Waals surface area contributed by atoms with E-state index in [1.165, 1.54) is 23.3 Å². The van der Waals surface area contributed by atoms with Gasteiger partial charge in [-0.15, -0.1) is 5.10 Å². The molecule has 9 heteroatoms. The van der Waals surface area contributed by atoms with Crippen LogP contribution in [-0.2, 0) is 9.53 Å². The summed E-state index contributed by atoms with van der Waals surface area (Å²) in [4.78, 5) is 19.5. The van der Waals surface area contributed by atoms with Gasteiger partial charge in [0.05, 0.1) is 0 Å². The van der Waals surface area contributed by atoms with Crippen molar-refractivity contribution in [3.05, 3.63) is 34.8 Å². The summed E-state index contributed by atoms with van der Waals surface area (Å²) in [5.74, 6) is 0.00552. The molecule has 2 aromatic rings. The number of hydrogen-bond acceptors (Lipinski definition) is 6. The predicted molar refractivity (Wildman–Crippen MR) is 81.4 cm³/mol. The molecule has 7 nitrogen and oxygen atoms in total. The van der Waals surface area contributed by atoms with E-state index in [1.807, 2.05) is 0 Å². The minimum atomic E-state index is -0.418. The predicted octanol–water partition coefficient (Wildman–Crippen LogP) is 1.63. The van der Waals surface area contributed by atoms with Gasteiger partial charge in [0.15, 0.2) is 5.82 Å². The molecule has 0 amide bonds. The summed E-state index contributed by atoms with van der Waals surface area (Å²) in [7, 11) is 0. The molecule has 22 heavy (non-hydrogen) atoms. The lowest BCUT2D eigenvalue weighted by Gasteiger charge is -2.25. The van der Waals surface area contributed by atoms with Crippen LogP contribution in [0.5, 0.6) is 0 Å². The molecule has 0 aliphatic carbocycles. The molecule has 1 fully saturated rings. The first-order valence-corrected chi connectivity index (χ1v) is 7.20. The summed E-state index contributed by atoms with van der Waals surface area (Å²) in [6.45, 7) is 1.38. The third-order valence-corrected chi connectivity index (χ3v) is 3.31. The third kappa shape index (κ3) is 3.62. The molecule has 1 saturated heterocycles. The molecule has 1 aliphatic heterocycles. The number of pyridine rings is 1. The van der Waals surface area contributed by atoms with E-state index in [0.717, 1.165) is 0 Å². The highest BCUT2D eigenvalue weighted by Crippen LogP contribution is 2.21. The van der Waals surface area contributed by atoms with Gasteiger partial charge in [0, 0.05) is 30.9 Å². The molecule has 2 aromatic heterocycles. The number of hydrogen-bond donors (Lipinski definition) is 1. The van der Waals surface area contributed by atoms with Crippen molar-refractivity contribution in [3.63, 3.8) is 0 Å². The third-order valence-electron chi connectivity index (χ3n) is 2.92. The number of rotatable bonds is 4. The smallest absolute Gasteiger partial charge is 0.332 e. The molecule has 3 heterocycles. The number of ether oxygens (including phenoxy) is 1. The molecule has 3 rings (SSSR count). The quantitative estimate of drug-likeness (QED) is 0.518. The fourth-order valence-corrected chi connectivity index (χ4v) is 2.22. The molecular formula is C13H11Cl2N5O2. The minimum absolute atomic E-state index is 0.0513. The molecule has 0 saturated carbocycles.